The van der Waals surface area contributed by atoms with E-state index in [0.717, 1.165) is 38.6 Å². The summed E-state index contributed by atoms with van der Waals surface area (Å²) in [5.41, 5.74) is 6.49. The van der Waals surface area contributed by atoms with Crippen molar-refractivity contribution in [2.45, 2.75) is 34.2 Å². The molecule has 0 saturated heterocycles. The van der Waals surface area contributed by atoms with E-state index < -0.39 is 0 Å². The Morgan fingerprint density at radius 3 is 2.40 bits per heavy atom. The topological polar surface area (TPSA) is 68.2 Å². The first-order valence-electron chi connectivity index (χ1n) is 11.4. The number of nitrogens with one attached hydrogen (secondary N) is 2. The predicted molar refractivity (Wildman–Crippen MR) is 148 cm³/mol. The Balaban J connectivity index is 1.50. The Bertz CT molecular complexity index is 1340. The van der Waals surface area contributed by atoms with Crippen molar-refractivity contribution in [1.82, 2.24) is 9.78 Å². The number of hydrogen-bond donors (Lipinski definition) is 2. The smallest absolute Gasteiger partial charge is 0.341 e. The zero-order chi connectivity index (χ0) is 24.9. The second-order valence-corrected chi connectivity index (χ2v) is 9.82. The van der Waals surface area contributed by atoms with E-state index in [4.69, 9.17) is 17.0 Å². The molecule has 6 nitrogen and oxygen atoms in total. The molecule has 0 aliphatic carbocycles. The first-order valence-corrected chi connectivity index (χ1v) is 12.6. The van der Waals surface area contributed by atoms with Crippen molar-refractivity contribution >= 4 is 45.3 Å². The molecular formula is C27H28N4O2S2. The van der Waals surface area contributed by atoms with Gasteiger partial charge in [0.1, 0.15) is 10.6 Å². The first-order chi connectivity index (χ1) is 16.9. The number of aromatic nitrogens is 2. The molecule has 2 N–H and O–H groups in total. The highest BCUT2D eigenvalue weighted by molar-refractivity contribution is 7.80. The normalized spacial score (nSPS) is 10.7. The maximum Gasteiger partial charge on any atom is 0.341 e. The fourth-order valence-electron chi connectivity index (χ4n) is 3.95. The predicted octanol–water partition coefficient (Wildman–Crippen LogP) is 6.57. The van der Waals surface area contributed by atoms with Gasteiger partial charge in [0.15, 0.2) is 5.11 Å². The first kappa shape index (κ1) is 24.6. The van der Waals surface area contributed by atoms with E-state index in [2.05, 4.69) is 28.7 Å². The lowest BCUT2D eigenvalue weighted by molar-refractivity contribution is 0.0529. The van der Waals surface area contributed by atoms with E-state index >= 15 is 0 Å². The minimum atomic E-state index is -0.366. The van der Waals surface area contributed by atoms with Crippen molar-refractivity contribution in [2.24, 2.45) is 0 Å². The number of aryl methyl sites for hydroxylation is 3. The van der Waals surface area contributed by atoms with Crippen LogP contribution >= 0.6 is 23.6 Å². The summed E-state index contributed by atoms with van der Waals surface area (Å²) in [5.74, 6) is -0.366. The van der Waals surface area contributed by atoms with Crippen LogP contribution in [0, 0.1) is 20.8 Å². The molecule has 0 aliphatic heterocycles. The van der Waals surface area contributed by atoms with E-state index in [9.17, 15) is 4.79 Å². The average molecular weight is 505 g/mol. The summed E-state index contributed by atoms with van der Waals surface area (Å²) in [6.45, 7) is 8.86. The third-order valence-electron chi connectivity index (χ3n) is 5.50. The number of ether oxygens (including phenoxy) is 1. The summed E-state index contributed by atoms with van der Waals surface area (Å²) in [7, 11) is 0. The second kappa shape index (κ2) is 10.8. The maximum atomic E-state index is 12.9. The van der Waals surface area contributed by atoms with Crippen LogP contribution in [-0.2, 0) is 11.3 Å². The molecule has 35 heavy (non-hydrogen) atoms. The van der Waals surface area contributed by atoms with Gasteiger partial charge in [0, 0.05) is 21.8 Å². The Morgan fingerprint density at radius 2 is 1.77 bits per heavy atom. The minimum absolute atomic E-state index is 0.300. The molecule has 0 saturated carbocycles. The fraction of sp³-hybridized carbons (Fsp3) is 0.222. The van der Waals surface area contributed by atoms with Crippen molar-refractivity contribution < 1.29 is 9.53 Å². The lowest BCUT2D eigenvalue weighted by Gasteiger charge is -2.12. The molecule has 0 atom stereocenters. The van der Waals surface area contributed by atoms with Crippen molar-refractivity contribution in [3.05, 3.63) is 88.1 Å². The molecule has 8 heteroatoms. The van der Waals surface area contributed by atoms with Crippen LogP contribution in [0.2, 0.25) is 0 Å². The molecule has 2 heterocycles. The van der Waals surface area contributed by atoms with Gasteiger partial charge in [-0.05, 0) is 69.2 Å². The largest absolute Gasteiger partial charge is 0.462 e. The Labute approximate surface area is 215 Å². The summed E-state index contributed by atoms with van der Waals surface area (Å²) >= 11 is 7.06. The van der Waals surface area contributed by atoms with Gasteiger partial charge in [-0.25, -0.2) is 4.79 Å². The summed E-state index contributed by atoms with van der Waals surface area (Å²) in [5, 5.41) is 12.0. The van der Waals surface area contributed by atoms with E-state index in [1.807, 2.05) is 73.1 Å². The lowest BCUT2D eigenvalue weighted by Crippen LogP contribution is -2.20. The van der Waals surface area contributed by atoms with Crippen LogP contribution in [-0.4, -0.2) is 27.5 Å². The summed E-state index contributed by atoms with van der Waals surface area (Å²) in [6, 6.07) is 20.0. The molecular weight excluding hydrogens is 476 g/mol. The van der Waals surface area contributed by atoms with Crippen molar-refractivity contribution in [3.8, 4) is 11.1 Å². The van der Waals surface area contributed by atoms with Crippen molar-refractivity contribution in [2.75, 3.05) is 17.2 Å². The van der Waals surface area contributed by atoms with Gasteiger partial charge in [0.2, 0.25) is 0 Å². The fourth-order valence-corrected chi connectivity index (χ4v) is 5.30. The standard InChI is InChI=1S/C27H28N4O2S2/c1-5-33-26(32)24-23(21-9-7-6-8-10-21)19(4)35-25(24)29-27(34)28-22-13-11-20(12-14-22)16-31-18(3)15-17(2)30-31/h6-15H,5,16H2,1-4H3,(H2,28,29,34). The Kier molecular flexibility index (Phi) is 7.63. The molecule has 0 aliphatic rings. The summed E-state index contributed by atoms with van der Waals surface area (Å²) in [6.07, 6.45) is 0. The molecule has 0 spiro atoms. The van der Waals surface area contributed by atoms with Crippen LogP contribution in [0.15, 0.2) is 60.7 Å². The number of carbonyl (C=O) groups excluding carboxylic acids is 1. The van der Waals surface area contributed by atoms with Gasteiger partial charge in [-0.2, -0.15) is 5.10 Å². The van der Waals surface area contributed by atoms with Crippen LogP contribution in [0.3, 0.4) is 0 Å². The molecule has 4 aromatic rings. The van der Waals surface area contributed by atoms with Gasteiger partial charge in [-0.15, -0.1) is 11.3 Å². The van der Waals surface area contributed by atoms with Gasteiger partial charge in [0.05, 0.1) is 18.8 Å². The number of benzene rings is 2. The lowest BCUT2D eigenvalue weighted by atomic mass is 10.0. The number of esters is 1. The van der Waals surface area contributed by atoms with Crippen LogP contribution in [0.1, 0.15) is 39.1 Å². The third-order valence-corrected chi connectivity index (χ3v) is 6.73. The van der Waals surface area contributed by atoms with E-state index in [1.54, 1.807) is 6.92 Å². The van der Waals surface area contributed by atoms with Gasteiger partial charge >= 0.3 is 5.97 Å². The van der Waals surface area contributed by atoms with Crippen LogP contribution in [0.5, 0.6) is 0 Å². The molecule has 0 radical (unpaired) electrons. The molecule has 0 fully saturated rings. The SMILES string of the molecule is CCOC(=O)c1c(NC(=S)Nc2ccc(Cn3nc(C)cc3C)cc2)sc(C)c1-c1ccccc1. The molecule has 180 valence electrons. The second-order valence-electron chi connectivity index (χ2n) is 8.18. The van der Waals surface area contributed by atoms with Crippen LogP contribution < -0.4 is 10.6 Å². The number of hydrogen-bond acceptors (Lipinski definition) is 5. The quantitative estimate of drug-likeness (QED) is 0.219. The third kappa shape index (κ3) is 5.78. The zero-order valence-corrected chi connectivity index (χ0v) is 21.8. The highest BCUT2D eigenvalue weighted by Gasteiger charge is 2.25. The van der Waals surface area contributed by atoms with Gasteiger partial charge in [-0.3, -0.25) is 4.68 Å². The summed E-state index contributed by atoms with van der Waals surface area (Å²) < 4.78 is 7.36. The Hall–Kier alpha value is -3.49. The molecule has 0 bridgehead atoms. The van der Waals surface area contributed by atoms with Crippen molar-refractivity contribution in [3.63, 3.8) is 0 Å². The highest BCUT2D eigenvalue weighted by Crippen LogP contribution is 2.40. The van der Waals surface area contributed by atoms with E-state index in [1.165, 1.54) is 11.3 Å². The number of nitrogens with zero attached hydrogens (tertiary/aromatic N) is 2. The maximum absolute atomic E-state index is 12.9. The molecule has 4 rings (SSSR count). The zero-order valence-electron chi connectivity index (χ0n) is 20.2. The minimum Gasteiger partial charge on any atom is -0.462 e. The monoisotopic (exact) mass is 504 g/mol. The van der Waals surface area contributed by atoms with Gasteiger partial charge in [-0.1, -0.05) is 42.5 Å². The number of anilines is 2. The van der Waals surface area contributed by atoms with Gasteiger partial charge in [0.25, 0.3) is 0 Å². The number of rotatable bonds is 7. The molecule has 0 amide bonds. The molecule has 2 aromatic carbocycles. The highest BCUT2D eigenvalue weighted by atomic mass is 32.1. The molecule has 2 aromatic heterocycles. The molecule has 0 unspecified atom stereocenters. The van der Waals surface area contributed by atoms with Crippen LogP contribution in [0.25, 0.3) is 11.1 Å². The van der Waals surface area contributed by atoms with Crippen LogP contribution in [0.4, 0.5) is 10.7 Å². The van der Waals surface area contributed by atoms with E-state index in [0.29, 0.717) is 28.8 Å². The number of thiocarbonyl (C=S) groups is 1. The van der Waals surface area contributed by atoms with E-state index in [-0.39, 0.29) is 5.97 Å². The number of carbonyl (C=O) groups is 1. The van der Waals surface area contributed by atoms with Gasteiger partial charge < -0.3 is 15.4 Å². The average Bonchev–Trinajstić information content (AvgIpc) is 3.32. The summed E-state index contributed by atoms with van der Waals surface area (Å²) in [4.78, 5) is 13.9. The number of thiophene rings is 1. The van der Waals surface area contributed by atoms with Crippen molar-refractivity contribution in [1.29, 1.82) is 0 Å². The Morgan fingerprint density at radius 1 is 1.06 bits per heavy atom.